The molecule has 210 valence electrons. The molecule has 1 unspecified atom stereocenters. The van der Waals surface area contributed by atoms with Gasteiger partial charge in [0.05, 0.1) is 41.5 Å². The molecule has 3 N–H and O–H groups in total. The molecule has 2 fully saturated rings. The second-order valence-corrected chi connectivity index (χ2v) is 11.2. The number of carbonyl (C=O) groups is 1. The molecular formula is C28H32BrN7O4. The fourth-order valence-corrected chi connectivity index (χ4v) is 6.10. The Balaban J connectivity index is 1.42. The highest BCUT2D eigenvalue weighted by molar-refractivity contribution is 9.10. The topological polar surface area (TPSA) is 133 Å². The summed E-state index contributed by atoms with van der Waals surface area (Å²) in [6.07, 6.45) is 8.34. The van der Waals surface area contributed by atoms with Crippen molar-refractivity contribution in [2.24, 2.45) is 0 Å². The molecule has 1 atom stereocenters. The molecule has 1 aliphatic heterocycles. The van der Waals surface area contributed by atoms with E-state index in [1.54, 1.807) is 21.6 Å². The molecule has 11 nitrogen and oxygen atoms in total. The number of nitrogen functional groups attached to an aromatic ring is 1. The first-order valence-corrected chi connectivity index (χ1v) is 14.4. The summed E-state index contributed by atoms with van der Waals surface area (Å²) in [4.78, 5) is 19.8. The number of rotatable bonds is 8. The number of carboxylic acid groups (broad SMARTS) is 1. The lowest BCUT2D eigenvalue weighted by atomic mass is 9.84. The maximum Gasteiger partial charge on any atom is 0.336 e. The van der Waals surface area contributed by atoms with Gasteiger partial charge >= 0.3 is 5.97 Å². The van der Waals surface area contributed by atoms with Crippen molar-refractivity contribution in [3.8, 4) is 16.8 Å². The van der Waals surface area contributed by atoms with Crippen LogP contribution in [-0.4, -0.2) is 78.8 Å². The normalized spacial score (nSPS) is 18.6. The molecule has 1 saturated heterocycles. The van der Waals surface area contributed by atoms with Crippen LogP contribution in [0.3, 0.4) is 0 Å². The second-order valence-electron chi connectivity index (χ2n) is 10.4. The van der Waals surface area contributed by atoms with Crippen molar-refractivity contribution in [2.75, 3.05) is 38.6 Å². The lowest BCUT2D eigenvalue weighted by molar-refractivity contribution is -0.183. The minimum atomic E-state index is -1.27. The summed E-state index contributed by atoms with van der Waals surface area (Å²) in [7, 11) is 0. The number of benzene rings is 1. The van der Waals surface area contributed by atoms with Crippen molar-refractivity contribution in [3.05, 3.63) is 59.1 Å². The maximum atomic E-state index is 12.6. The summed E-state index contributed by atoms with van der Waals surface area (Å²) >= 11 is 3.65. The van der Waals surface area contributed by atoms with E-state index < -0.39 is 17.7 Å². The van der Waals surface area contributed by atoms with Crippen molar-refractivity contribution in [1.82, 2.24) is 29.3 Å². The van der Waals surface area contributed by atoms with Gasteiger partial charge in [0.2, 0.25) is 0 Å². The number of fused-ring (bicyclic) bond motifs is 1. The fourth-order valence-electron chi connectivity index (χ4n) is 5.59. The van der Waals surface area contributed by atoms with Crippen LogP contribution in [0.4, 0.5) is 5.82 Å². The molecule has 0 spiro atoms. The Morgan fingerprint density at radius 1 is 1.12 bits per heavy atom. The zero-order valence-electron chi connectivity index (χ0n) is 22.1. The van der Waals surface area contributed by atoms with E-state index in [9.17, 15) is 9.90 Å². The molecule has 1 aromatic carbocycles. The lowest BCUT2D eigenvalue weighted by Gasteiger charge is -2.38. The van der Waals surface area contributed by atoms with E-state index in [1.807, 2.05) is 36.5 Å². The third-order valence-corrected chi connectivity index (χ3v) is 8.63. The summed E-state index contributed by atoms with van der Waals surface area (Å²) in [6.45, 7) is 3.16. The number of anilines is 1. The number of aromatic nitrogens is 5. The average molecular weight is 611 g/mol. The number of aliphatic carboxylic acids is 1. The zero-order valence-corrected chi connectivity index (χ0v) is 23.7. The summed E-state index contributed by atoms with van der Waals surface area (Å²) in [5, 5.41) is 19.3. The van der Waals surface area contributed by atoms with Gasteiger partial charge in [0, 0.05) is 37.0 Å². The van der Waals surface area contributed by atoms with Gasteiger partial charge in [-0.2, -0.15) is 14.7 Å². The van der Waals surface area contributed by atoms with Gasteiger partial charge < -0.3 is 20.3 Å². The van der Waals surface area contributed by atoms with E-state index in [1.165, 1.54) is 0 Å². The second kappa shape index (κ2) is 11.3. The van der Waals surface area contributed by atoms with E-state index in [-0.39, 0.29) is 0 Å². The Bertz CT molecular complexity index is 1490. The number of para-hydroxylation sites is 1. The van der Waals surface area contributed by atoms with Gasteiger partial charge in [0.15, 0.2) is 11.2 Å². The summed E-state index contributed by atoms with van der Waals surface area (Å²) in [6, 6.07) is 9.85. The van der Waals surface area contributed by atoms with Crippen molar-refractivity contribution >= 4 is 33.4 Å². The Labute approximate surface area is 240 Å². The number of hydrogen-bond donors (Lipinski definition) is 2. The number of nitrogens with two attached hydrogens (primary N) is 1. The van der Waals surface area contributed by atoms with Crippen LogP contribution in [0.25, 0.3) is 22.5 Å². The van der Waals surface area contributed by atoms with Gasteiger partial charge in [-0.25, -0.2) is 14.5 Å². The Kier molecular flexibility index (Phi) is 7.58. The first kappa shape index (κ1) is 26.9. The Morgan fingerprint density at radius 3 is 2.60 bits per heavy atom. The molecule has 3 aromatic heterocycles. The number of hydrogen-bond acceptors (Lipinski definition) is 8. The number of halogens is 1. The molecule has 1 aliphatic carbocycles. The molecule has 6 rings (SSSR count). The van der Waals surface area contributed by atoms with E-state index in [0.717, 1.165) is 49.2 Å². The highest BCUT2D eigenvalue weighted by Gasteiger charge is 2.44. The third kappa shape index (κ3) is 5.12. The van der Waals surface area contributed by atoms with E-state index in [4.69, 9.17) is 20.2 Å². The third-order valence-electron chi connectivity index (χ3n) is 7.81. The van der Waals surface area contributed by atoms with Crippen LogP contribution in [0.15, 0.2) is 53.4 Å². The molecule has 4 aromatic rings. The van der Waals surface area contributed by atoms with Crippen LogP contribution >= 0.6 is 15.9 Å². The summed E-state index contributed by atoms with van der Waals surface area (Å²) in [5.41, 5.74) is 8.96. The van der Waals surface area contributed by atoms with Gasteiger partial charge in [-0.15, -0.1) is 0 Å². The predicted molar refractivity (Wildman–Crippen MR) is 152 cm³/mol. The van der Waals surface area contributed by atoms with Crippen molar-refractivity contribution in [1.29, 1.82) is 0 Å². The molecule has 2 aliphatic rings. The predicted octanol–water partition coefficient (Wildman–Crippen LogP) is 4.10. The highest BCUT2D eigenvalue weighted by atomic mass is 79.9. The number of morpholine rings is 1. The van der Waals surface area contributed by atoms with Gasteiger partial charge in [0.1, 0.15) is 11.9 Å². The zero-order chi connectivity index (χ0) is 27.7. The fraction of sp³-hybridized carbons (Fsp3) is 0.429. The van der Waals surface area contributed by atoms with E-state index in [0.29, 0.717) is 54.2 Å². The van der Waals surface area contributed by atoms with Crippen molar-refractivity contribution in [3.63, 3.8) is 0 Å². The molecule has 1 saturated carbocycles. The van der Waals surface area contributed by atoms with Crippen molar-refractivity contribution in [2.45, 2.75) is 43.8 Å². The van der Waals surface area contributed by atoms with Crippen LogP contribution in [0.5, 0.6) is 0 Å². The van der Waals surface area contributed by atoms with Gasteiger partial charge in [-0.05, 0) is 53.7 Å². The van der Waals surface area contributed by atoms with E-state index in [2.05, 4.69) is 31.0 Å². The smallest absolute Gasteiger partial charge is 0.336 e. The summed E-state index contributed by atoms with van der Waals surface area (Å²) in [5.74, 6) is -0.562. The quantitative estimate of drug-likeness (QED) is 0.303. The molecule has 12 heteroatoms. The number of nitrogens with zero attached hydrogens (tertiary/aromatic N) is 6. The lowest BCUT2D eigenvalue weighted by Crippen LogP contribution is -2.47. The average Bonchev–Trinajstić information content (AvgIpc) is 3.64. The molecule has 40 heavy (non-hydrogen) atoms. The number of carboxylic acids is 1. The summed E-state index contributed by atoms with van der Waals surface area (Å²) < 4.78 is 16.1. The van der Waals surface area contributed by atoms with E-state index >= 15 is 0 Å². The van der Waals surface area contributed by atoms with Crippen molar-refractivity contribution < 1.29 is 19.4 Å². The number of ether oxygens (including phenoxy) is 2. The molecule has 0 radical (unpaired) electrons. The van der Waals surface area contributed by atoms with Gasteiger partial charge in [0.25, 0.3) is 0 Å². The molecule has 0 bridgehead atoms. The maximum absolute atomic E-state index is 12.6. The van der Waals surface area contributed by atoms with Gasteiger partial charge in [-0.1, -0.05) is 24.6 Å². The Morgan fingerprint density at radius 2 is 1.88 bits per heavy atom. The molecular weight excluding hydrogens is 578 g/mol. The van der Waals surface area contributed by atoms with Crippen LogP contribution in [0, 0.1) is 0 Å². The first-order chi connectivity index (χ1) is 19.4. The minimum absolute atomic E-state index is 0.366. The highest BCUT2D eigenvalue weighted by Crippen LogP contribution is 2.40. The van der Waals surface area contributed by atoms with Crippen LogP contribution < -0.4 is 5.73 Å². The van der Waals surface area contributed by atoms with Crippen LogP contribution in [0.1, 0.15) is 43.9 Å². The monoisotopic (exact) mass is 609 g/mol. The SMILES string of the molecule is Nc1c(Br)c(C(CN2CCOCC2)OC2(C(=O)O)CCCCC2)nc2c(-c3cnn(-c4ccccc4)c3)cnn12. The molecule has 0 amide bonds. The van der Waals surface area contributed by atoms with Gasteiger partial charge in [-0.3, -0.25) is 4.90 Å². The van der Waals surface area contributed by atoms with Crippen LogP contribution in [0.2, 0.25) is 0 Å². The minimum Gasteiger partial charge on any atom is -0.479 e. The molecule has 4 heterocycles. The standard InChI is InChI=1S/C28H32BrN7O4/c29-23-24(22(18-34-11-13-39-14-12-34)40-28(27(37)38)9-5-2-6-10-28)33-26-21(16-32-36(26)25(23)30)19-15-31-35(17-19)20-7-3-1-4-8-20/h1,3-4,7-8,15-17,22H,2,5-6,9-14,18,30H2,(H,37,38). The van der Waals surface area contributed by atoms with Crippen LogP contribution in [-0.2, 0) is 14.3 Å². The largest absolute Gasteiger partial charge is 0.479 e. The first-order valence-electron chi connectivity index (χ1n) is 13.6. The Hall–Kier alpha value is -3.32.